The Kier molecular flexibility index (Phi) is 6.90. The average molecular weight is 416 g/mol. The van der Waals surface area contributed by atoms with Gasteiger partial charge in [-0.05, 0) is 55.4 Å². The Balaban J connectivity index is 1.46. The third-order valence-corrected chi connectivity index (χ3v) is 6.40. The Hall–Kier alpha value is -2.82. The van der Waals surface area contributed by atoms with E-state index in [2.05, 4.69) is 59.3 Å². The van der Waals surface area contributed by atoms with Crippen molar-refractivity contribution in [1.82, 2.24) is 4.98 Å². The molecule has 1 fully saturated rings. The molecule has 0 spiro atoms. The number of hydrogen-bond donors (Lipinski definition) is 1. The predicted octanol–water partition coefficient (Wildman–Crippen LogP) is 6.09. The first kappa shape index (κ1) is 21.4. The number of amidine groups is 1. The highest BCUT2D eigenvalue weighted by Gasteiger charge is 2.30. The summed E-state index contributed by atoms with van der Waals surface area (Å²) >= 11 is 0. The number of nitrogens with zero attached hydrogens (tertiary/aromatic N) is 4. The highest BCUT2D eigenvalue weighted by molar-refractivity contribution is 6.48. The van der Waals surface area contributed by atoms with Gasteiger partial charge in [-0.3, -0.25) is 15.0 Å². The van der Waals surface area contributed by atoms with Gasteiger partial charge in [0.05, 0.1) is 11.6 Å². The van der Waals surface area contributed by atoms with E-state index in [4.69, 9.17) is 4.99 Å². The molecule has 1 saturated carbocycles. The van der Waals surface area contributed by atoms with Gasteiger partial charge in [-0.15, -0.1) is 0 Å². The molecule has 3 aliphatic rings. The Labute approximate surface area is 185 Å². The van der Waals surface area contributed by atoms with Gasteiger partial charge in [-0.25, -0.2) is 4.99 Å². The quantitative estimate of drug-likeness (QED) is 0.571. The van der Waals surface area contributed by atoms with Crippen LogP contribution in [0, 0.1) is 11.8 Å². The number of rotatable bonds is 6. The summed E-state index contributed by atoms with van der Waals surface area (Å²) in [6, 6.07) is 4.21. The molecule has 2 aliphatic heterocycles. The molecule has 1 aliphatic carbocycles. The molecular weight excluding hydrogens is 382 g/mol. The van der Waals surface area contributed by atoms with Crippen LogP contribution in [0.15, 0.2) is 69.0 Å². The van der Waals surface area contributed by atoms with E-state index in [0.29, 0.717) is 5.92 Å². The number of allylic oxidation sites excluding steroid dienone is 4. The maximum absolute atomic E-state index is 4.73. The van der Waals surface area contributed by atoms with Crippen molar-refractivity contribution in [3.05, 3.63) is 59.7 Å². The molecule has 1 unspecified atom stereocenters. The van der Waals surface area contributed by atoms with Crippen LogP contribution in [0.25, 0.3) is 0 Å². The summed E-state index contributed by atoms with van der Waals surface area (Å²) in [5.41, 5.74) is 5.49. The maximum Gasteiger partial charge on any atom is 0.153 e. The minimum Gasteiger partial charge on any atom is -0.339 e. The summed E-state index contributed by atoms with van der Waals surface area (Å²) in [5.74, 6) is 2.33. The van der Waals surface area contributed by atoms with Crippen molar-refractivity contribution in [3.8, 4) is 0 Å². The highest BCUT2D eigenvalue weighted by atomic mass is 15.0. The average Bonchev–Trinajstić information content (AvgIpc) is 3.23. The smallest absolute Gasteiger partial charge is 0.153 e. The van der Waals surface area contributed by atoms with Gasteiger partial charge in [0.15, 0.2) is 5.84 Å². The SMILES string of the molecule is C/C=C(\C=NCCC)C1=CN=C2C(Nc3ccnc(C4CCC(C)CC4)c3)=NC=CC12. The molecule has 5 nitrogen and oxygen atoms in total. The monoisotopic (exact) mass is 415 g/mol. The van der Waals surface area contributed by atoms with Gasteiger partial charge in [-0.1, -0.05) is 38.8 Å². The lowest BCUT2D eigenvalue weighted by Crippen LogP contribution is -2.30. The third kappa shape index (κ3) is 4.92. The van der Waals surface area contributed by atoms with Gasteiger partial charge in [0, 0.05) is 48.7 Å². The second kappa shape index (κ2) is 9.99. The van der Waals surface area contributed by atoms with Gasteiger partial charge in [0.25, 0.3) is 0 Å². The molecule has 0 saturated heterocycles. The van der Waals surface area contributed by atoms with Crippen LogP contribution in [0.1, 0.15) is 64.5 Å². The fraction of sp³-hybridized carbons (Fsp3) is 0.462. The lowest BCUT2D eigenvalue weighted by Gasteiger charge is -2.26. The van der Waals surface area contributed by atoms with Gasteiger partial charge < -0.3 is 5.32 Å². The second-order valence-electron chi connectivity index (χ2n) is 8.73. The van der Waals surface area contributed by atoms with E-state index < -0.39 is 0 Å². The Bertz CT molecular complexity index is 971. The lowest BCUT2D eigenvalue weighted by atomic mass is 9.81. The van der Waals surface area contributed by atoms with E-state index >= 15 is 0 Å². The van der Waals surface area contributed by atoms with Crippen LogP contribution in [-0.2, 0) is 0 Å². The van der Waals surface area contributed by atoms with Crippen molar-refractivity contribution < 1.29 is 0 Å². The number of pyridine rings is 1. The Morgan fingerprint density at radius 2 is 2.06 bits per heavy atom. The van der Waals surface area contributed by atoms with Crippen molar-refractivity contribution in [2.24, 2.45) is 26.8 Å². The zero-order valence-electron chi connectivity index (χ0n) is 18.9. The molecule has 3 heterocycles. The molecular formula is C26H33N5. The summed E-state index contributed by atoms with van der Waals surface area (Å²) in [6.45, 7) is 7.39. The first-order valence-corrected chi connectivity index (χ1v) is 11.6. The van der Waals surface area contributed by atoms with E-state index in [0.717, 1.165) is 41.7 Å². The van der Waals surface area contributed by atoms with E-state index in [1.54, 1.807) is 0 Å². The molecule has 1 atom stereocenters. The Morgan fingerprint density at radius 3 is 2.84 bits per heavy atom. The van der Waals surface area contributed by atoms with E-state index in [1.807, 2.05) is 30.9 Å². The van der Waals surface area contributed by atoms with Crippen LogP contribution in [0.3, 0.4) is 0 Å². The number of fused-ring (bicyclic) bond motifs is 1. The van der Waals surface area contributed by atoms with Crippen molar-refractivity contribution >= 4 is 23.4 Å². The van der Waals surface area contributed by atoms with Crippen LogP contribution in [0.5, 0.6) is 0 Å². The van der Waals surface area contributed by atoms with E-state index in [9.17, 15) is 0 Å². The van der Waals surface area contributed by atoms with Gasteiger partial charge in [0.2, 0.25) is 0 Å². The van der Waals surface area contributed by atoms with Crippen molar-refractivity contribution in [1.29, 1.82) is 0 Å². The third-order valence-electron chi connectivity index (χ3n) is 6.40. The van der Waals surface area contributed by atoms with Gasteiger partial charge in [0.1, 0.15) is 0 Å². The minimum atomic E-state index is 0.111. The van der Waals surface area contributed by atoms with Crippen LogP contribution in [0.4, 0.5) is 5.69 Å². The van der Waals surface area contributed by atoms with Gasteiger partial charge in [-0.2, -0.15) is 0 Å². The molecule has 31 heavy (non-hydrogen) atoms. The number of aliphatic imine (C=N–C) groups is 3. The standard InChI is InChI=1S/C26H33N5/c1-4-12-27-16-19(5-2)23-17-30-25-22(23)11-14-29-26(25)31-21-10-13-28-24(15-21)20-8-6-18(3)7-9-20/h5,10-11,13-18,20,22H,4,6-9,12H2,1-3H3,(H,28,29,31)/b19-5+,27-16?. The summed E-state index contributed by atoms with van der Waals surface area (Å²) in [7, 11) is 0. The summed E-state index contributed by atoms with van der Waals surface area (Å²) in [5, 5.41) is 3.51. The molecule has 162 valence electrons. The fourth-order valence-corrected chi connectivity index (χ4v) is 4.52. The minimum absolute atomic E-state index is 0.111. The Morgan fingerprint density at radius 1 is 1.23 bits per heavy atom. The van der Waals surface area contributed by atoms with E-state index in [-0.39, 0.29) is 5.92 Å². The summed E-state index contributed by atoms with van der Waals surface area (Å²) in [4.78, 5) is 18.5. The van der Waals surface area contributed by atoms with Crippen LogP contribution < -0.4 is 5.32 Å². The van der Waals surface area contributed by atoms with E-state index in [1.165, 1.54) is 37.0 Å². The van der Waals surface area contributed by atoms with Crippen molar-refractivity contribution in [3.63, 3.8) is 0 Å². The number of nitrogens with one attached hydrogen (secondary N) is 1. The second-order valence-corrected chi connectivity index (χ2v) is 8.73. The van der Waals surface area contributed by atoms with Crippen LogP contribution in [0.2, 0.25) is 0 Å². The van der Waals surface area contributed by atoms with Gasteiger partial charge >= 0.3 is 0 Å². The molecule has 1 aromatic rings. The van der Waals surface area contributed by atoms with Crippen LogP contribution in [-0.4, -0.2) is 29.3 Å². The molecule has 0 radical (unpaired) electrons. The predicted molar refractivity (Wildman–Crippen MR) is 131 cm³/mol. The summed E-state index contributed by atoms with van der Waals surface area (Å²) in [6.07, 6.45) is 18.0. The first-order valence-electron chi connectivity index (χ1n) is 11.6. The van der Waals surface area contributed by atoms with Crippen molar-refractivity contribution in [2.75, 3.05) is 11.9 Å². The molecule has 0 amide bonds. The molecule has 0 bridgehead atoms. The van der Waals surface area contributed by atoms with Crippen molar-refractivity contribution in [2.45, 2.75) is 58.8 Å². The number of aromatic nitrogens is 1. The maximum atomic E-state index is 4.73. The van der Waals surface area contributed by atoms with Crippen LogP contribution >= 0.6 is 0 Å². The highest BCUT2D eigenvalue weighted by Crippen LogP contribution is 2.35. The largest absolute Gasteiger partial charge is 0.339 e. The zero-order chi connectivity index (χ0) is 21.6. The molecule has 1 aromatic heterocycles. The molecule has 1 N–H and O–H groups in total. The molecule has 4 rings (SSSR count). The number of anilines is 1. The zero-order valence-corrected chi connectivity index (χ0v) is 18.9. The summed E-state index contributed by atoms with van der Waals surface area (Å²) < 4.78 is 0. The molecule has 5 heteroatoms. The first-order chi connectivity index (χ1) is 15.2. The topological polar surface area (TPSA) is 62.0 Å². The number of hydrogen-bond acceptors (Lipinski definition) is 5. The fourth-order valence-electron chi connectivity index (χ4n) is 4.52. The normalized spacial score (nSPS) is 25.8. The molecule has 0 aromatic carbocycles. The lowest BCUT2D eigenvalue weighted by molar-refractivity contribution is 0.344.